The predicted octanol–water partition coefficient (Wildman–Crippen LogP) is 5.15. The first kappa shape index (κ1) is 16.1. The van der Waals surface area contributed by atoms with Crippen molar-refractivity contribution in [2.75, 3.05) is 0 Å². The largest absolute Gasteiger partial charge is 0.408 e. The second-order valence-electron chi connectivity index (χ2n) is 6.86. The van der Waals surface area contributed by atoms with Gasteiger partial charge in [-0.15, -0.1) is 0 Å². The Morgan fingerprint density at radius 1 is 1.19 bits per heavy atom. The first-order chi connectivity index (χ1) is 9.91. The fourth-order valence-corrected chi connectivity index (χ4v) is 4.41. The highest BCUT2D eigenvalue weighted by molar-refractivity contribution is 6.69. The summed E-state index contributed by atoms with van der Waals surface area (Å²) in [4.78, 5) is 0. The van der Waals surface area contributed by atoms with Gasteiger partial charge in [0.2, 0.25) is 0 Å². The number of rotatable bonds is 3. The Hall–Kier alpha value is -1.30. The summed E-state index contributed by atoms with van der Waals surface area (Å²) in [6.07, 6.45) is 5.38. The van der Waals surface area contributed by atoms with Gasteiger partial charge in [-0.25, -0.2) is 0 Å². The molecule has 0 saturated heterocycles. The second kappa shape index (κ2) is 6.64. The summed E-state index contributed by atoms with van der Waals surface area (Å²) in [5.41, 5.74) is 2.12. The molecule has 1 aliphatic carbocycles. The molecule has 0 amide bonds. The topological polar surface area (TPSA) is 9.23 Å². The Morgan fingerprint density at radius 3 is 2.52 bits per heavy atom. The minimum Gasteiger partial charge on any atom is -0.408 e. The van der Waals surface area contributed by atoms with Crippen LogP contribution < -0.4 is 0 Å². The average Bonchev–Trinajstić information content (AvgIpc) is 2.42. The van der Waals surface area contributed by atoms with Crippen LogP contribution in [0.2, 0.25) is 19.6 Å². The molecule has 2 rings (SSSR count). The highest BCUT2D eigenvalue weighted by atomic mass is 28.4. The Balaban J connectivity index is 2.17. The summed E-state index contributed by atoms with van der Waals surface area (Å²) < 4.78 is 6.55. The van der Waals surface area contributed by atoms with Crippen LogP contribution in [0.25, 0.3) is 0 Å². The van der Waals surface area contributed by atoms with Crippen LogP contribution in [-0.2, 0) is 4.43 Å². The fraction of sp³-hybridized carbons (Fsp3) is 0.474. The van der Waals surface area contributed by atoms with E-state index in [-0.39, 0.29) is 5.60 Å². The molecule has 1 aromatic carbocycles. The molecule has 21 heavy (non-hydrogen) atoms. The van der Waals surface area contributed by atoms with Gasteiger partial charge >= 0.3 is 0 Å². The molecule has 0 aliphatic heterocycles. The van der Waals surface area contributed by atoms with E-state index in [4.69, 9.17) is 4.43 Å². The van der Waals surface area contributed by atoms with Crippen LogP contribution in [0.3, 0.4) is 0 Å². The maximum absolute atomic E-state index is 6.55. The van der Waals surface area contributed by atoms with Gasteiger partial charge in [-0.2, -0.15) is 0 Å². The molecule has 112 valence electrons. The van der Waals surface area contributed by atoms with Gasteiger partial charge in [0.25, 0.3) is 0 Å². The van der Waals surface area contributed by atoms with Crippen LogP contribution >= 0.6 is 0 Å². The van der Waals surface area contributed by atoms with E-state index in [1.807, 2.05) is 18.2 Å². The van der Waals surface area contributed by atoms with Crippen LogP contribution in [-0.4, -0.2) is 13.9 Å². The molecule has 1 atom stereocenters. The first-order valence-corrected chi connectivity index (χ1v) is 11.2. The van der Waals surface area contributed by atoms with Gasteiger partial charge in [-0.05, 0) is 63.0 Å². The monoisotopic (exact) mass is 298 g/mol. The number of hydrogen-bond donors (Lipinski definition) is 0. The molecule has 0 heterocycles. The van der Waals surface area contributed by atoms with Crippen LogP contribution in [0.15, 0.2) is 42.5 Å². The third kappa shape index (κ3) is 4.59. The van der Waals surface area contributed by atoms with E-state index < -0.39 is 8.32 Å². The highest BCUT2D eigenvalue weighted by Crippen LogP contribution is 2.39. The molecule has 0 radical (unpaired) electrons. The van der Waals surface area contributed by atoms with Crippen LogP contribution in [0.5, 0.6) is 0 Å². The van der Waals surface area contributed by atoms with Gasteiger partial charge in [0.15, 0.2) is 8.32 Å². The molecule has 1 nitrogen and oxygen atoms in total. The molecular weight excluding hydrogens is 272 g/mol. The van der Waals surface area contributed by atoms with E-state index in [0.717, 1.165) is 24.8 Å². The van der Waals surface area contributed by atoms with Gasteiger partial charge in [0, 0.05) is 12.0 Å². The number of hydrogen-bond acceptors (Lipinski definition) is 1. The van der Waals surface area contributed by atoms with Crippen molar-refractivity contribution in [2.24, 2.45) is 0 Å². The third-order valence-corrected chi connectivity index (χ3v) is 4.84. The zero-order chi connectivity index (χ0) is 15.3. The van der Waals surface area contributed by atoms with Crippen LogP contribution in [0.1, 0.15) is 37.7 Å². The molecular formula is C19H26OSi. The van der Waals surface area contributed by atoms with Gasteiger partial charge in [0.05, 0.1) is 5.60 Å². The lowest BCUT2D eigenvalue weighted by Gasteiger charge is -2.42. The zero-order valence-corrected chi connectivity index (χ0v) is 14.5. The average molecular weight is 299 g/mol. The summed E-state index contributed by atoms with van der Waals surface area (Å²) >= 11 is 0. The molecule has 1 fully saturated rings. The fourth-order valence-electron chi connectivity index (χ4n) is 2.92. The van der Waals surface area contributed by atoms with Crippen molar-refractivity contribution in [2.45, 2.75) is 57.3 Å². The second-order valence-corrected chi connectivity index (χ2v) is 11.3. The van der Waals surface area contributed by atoms with Crippen molar-refractivity contribution in [3.63, 3.8) is 0 Å². The Kier molecular flexibility index (Phi) is 5.08. The standard InChI is InChI=1S/C19H26OSi/c1-17-11-8-9-15-19(17,20-21(2,3)4)16-10-14-18-12-6-5-7-13-18/h5-7,12-13H,1,8-9,11,15-16H2,2-4H3. The molecule has 0 bridgehead atoms. The summed E-state index contributed by atoms with van der Waals surface area (Å²) in [5, 5.41) is 0. The van der Waals surface area contributed by atoms with Crippen LogP contribution in [0, 0.1) is 11.8 Å². The van der Waals surface area contributed by atoms with E-state index in [0.29, 0.717) is 0 Å². The SMILES string of the molecule is C=C1CCCCC1(CC#Cc1ccccc1)O[Si](C)(C)C. The number of benzene rings is 1. The smallest absolute Gasteiger partial charge is 0.185 e. The maximum Gasteiger partial charge on any atom is 0.185 e. The van der Waals surface area contributed by atoms with Gasteiger partial charge in [-0.3, -0.25) is 0 Å². The van der Waals surface area contributed by atoms with Gasteiger partial charge in [-0.1, -0.05) is 36.6 Å². The maximum atomic E-state index is 6.55. The van der Waals surface area contributed by atoms with E-state index in [1.54, 1.807) is 0 Å². The first-order valence-electron chi connectivity index (χ1n) is 7.84. The lowest BCUT2D eigenvalue weighted by Crippen LogP contribution is -2.45. The minimum absolute atomic E-state index is 0.204. The lowest BCUT2D eigenvalue weighted by atomic mass is 9.79. The van der Waals surface area contributed by atoms with Gasteiger partial charge in [0.1, 0.15) is 0 Å². The van der Waals surface area contributed by atoms with Crippen LogP contribution in [0.4, 0.5) is 0 Å². The molecule has 1 saturated carbocycles. The van der Waals surface area contributed by atoms with E-state index in [2.05, 4.69) is 50.2 Å². The molecule has 1 unspecified atom stereocenters. The van der Waals surface area contributed by atoms with Crippen molar-refractivity contribution >= 4 is 8.32 Å². The lowest BCUT2D eigenvalue weighted by molar-refractivity contribution is 0.0765. The minimum atomic E-state index is -1.62. The van der Waals surface area contributed by atoms with E-state index >= 15 is 0 Å². The Labute approximate surface area is 130 Å². The van der Waals surface area contributed by atoms with Crippen molar-refractivity contribution in [1.82, 2.24) is 0 Å². The molecule has 0 aromatic heterocycles. The van der Waals surface area contributed by atoms with Crippen molar-refractivity contribution in [3.05, 3.63) is 48.0 Å². The summed E-state index contributed by atoms with van der Waals surface area (Å²) in [6, 6.07) is 10.2. The molecule has 1 aliphatic rings. The predicted molar refractivity (Wildman–Crippen MR) is 92.7 cm³/mol. The molecule has 2 heteroatoms. The molecule has 0 N–H and O–H groups in total. The summed E-state index contributed by atoms with van der Waals surface area (Å²) in [6.45, 7) is 11.1. The summed E-state index contributed by atoms with van der Waals surface area (Å²) in [7, 11) is -1.62. The Morgan fingerprint density at radius 2 is 1.90 bits per heavy atom. The molecule has 1 aromatic rings. The normalized spacial score (nSPS) is 22.5. The zero-order valence-electron chi connectivity index (χ0n) is 13.5. The molecule has 0 spiro atoms. The van der Waals surface area contributed by atoms with Gasteiger partial charge < -0.3 is 4.43 Å². The van der Waals surface area contributed by atoms with Crippen molar-refractivity contribution in [3.8, 4) is 11.8 Å². The third-order valence-electron chi connectivity index (χ3n) is 3.84. The van der Waals surface area contributed by atoms with E-state index in [1.165, 1.54) is 18.4 Å². The highest BCUT2D eigenvalue weighted by Gasteiger charge is 2.39. The Bertz CT molecular complexity index is 544. The summed E-state index contributed by atoms with van der Waals surface area (Å²) in [5.74, 6) is 6.62. The quantitative estimate of drug-likeness (QED) is 0.426. The van der Waals surface area contributed by atoms with E-state index in [9.17, 15) is 0 Å². The van der Waals surface area contributed by atoms with Crippen molar-refractivity contribution < 1.29 is 4.43 Å². The van der Waals surface area contributed by atoms with Crippen molar-refractivity contribution in [1.29, 1.82) is 0 Å².